The number of ether oxygens (including phenoxy) is 1. The van der Waals surface area contributed by atoms with E-state index in [1.807, 2.05) is 114 Å². The predicted molar refractivity (Wildman–Crippen MR) is 287 cm³/mol. The molecule has 386 valence electrons. The molecule has 0 unspecified atom stereocenters. The van der Waals surface area contributed by atoms with Crippen LogP contribution in [0, 0.1) is 67.6 Å². The van der Waals surface area contributed by atoms with Crippen LogP contribution in [-0.4, -0.2) is 9.55 Å². The number of nitrogens with zero attached hydrogens (tertiary/aromatic N) is 4. The number of benzene rings is 8. The number of anilines is 4. The van der Waals surface area contributed by atoms with Gasteiger partial charge < -0.3 is 19.1 Å². The van der Waals surface area contributed by atoms with Crippen molar-refractivity contribution in [2.75, 3.05) is 9.80 Å². The van der Waals surface area contributed by atoms with Crippen LogP contribution >= 0.6 is 0 Å². The van der Waals surface area contributed by atoms with Crippen molar-refractivity contribution < 1.29 is 52.1 Å². The summed E-state index contributed by atoms with van der Waals surface area (Å²) in [5, 5.41) is 1.97. The van der Waals surface area contributed by atoms with E-state index in [2.05, 4.69) is 55.7 Å². The standard InChI is InChI=1S/C64H49F6N4O.Pt/c1-36-14-13-15-37(2)59(36)38-24-43(33-45(25-38)75-44-20-21-47-46-16-9-10-17-54(46)74(57(47)34-44)58-28-39(22-23-71-58)63(3,4)5)72-35-73(56-19-12-11-18-55(56)72)62-48(60-50(67)29-41(65)30-51(60)68)26-40(64(6,7)8)27-49(62)61-52(69)31-42(66)32-53(61)70;/h9-32,35H,1-8H3;/q-3;. The van der Waals surface area contributed by atoms with Crippen molar-refractivity contribution in [1.29, 1.82) is 0 Å². The van der Waals surface area contributed by atoms with Crippen molar-refractivity contribution in [1.82, 2.24) is 9.55 Å². The molecule has 12 heteroatoms. The molecule has 5 nitrogen and oxygen atoms in total. The zero-order valence-corrected chi connectivity index (χ0v) is 45.0. The SMILES string of the molecule is Cc1cccc(C)c1-c1cc(Oc2[c-]c3c(cc2)c2ccccc2n3-c2cc(C(C)(C)C)ccn2)[c-]c(N2[CH-]N(c3c(-c4c(F)cc(F)cc4F)cc(C(C)(C)C)cc3-c3c(F)cc(F)cc3F)c3ccccc32)c1.[Pt]. The molecule has 0 saturated heterocycles. The number of aromatic nitrogens is 2. The minimum Gasteiger partial charge on any atom is -0.509 e. The normalized spacial score (nSPS) is 12.7. The molecule has 0 radical (unpaired) electrons. The van der Waals surface area contributed by atoms with E-state index in [0.717, 1.165) is 55.4 Å². The van der Waals surface area contributed by atoms with E-state index >= 15 is 17.6 Å². The summed E-state index contributed by atoms with van der Waals surface area (Å²) < 4.78 is 104. The van der Waals surface area contributed by atoms with Crippen molar-refractivity contribution in [2.24, 2.45) is 0 Å². The van der Waals surface area contributed by atoms with Gasteiger partial charge in [-0.05, 0) is 100 Å². The second-order valence-corrected chi connectivity index (χ2v) is 21.1. The van der Waals surface area contributed by atoms with Gasteiger partial charge in [0.05, 0.1) is 11.1 Å². The summed E-state index contributed by atoms with van der Waals surface area (Å²) in [6.45, 7) is 17.7. The zero-order chi connectivity index (χ0) is 52.8. The Morgan fingerprint density at radius 2 is 1.09 bits per heavy atom. The third-order valence-electron chi connectivity index (χ3n) is 13.9. The van der Waals surface area contributed by atoms with E-state index in [9.17, 15) is 8.78 Å². The monoisotopic (exact) mass is 1200 g/mol. The van der Waals surface area contributed by atoms with Gasteiger partial charge in [-0.25, -0.2) is 31.3 Å². The van der Waals surface area contributed by atoms with Crippen molar-refractivity contribution in [3.8, 4) is 50.7 Å². The first-order valence-corrected chi connectivity index (χ1v) is 24.5. The summed E-state index contributed by atoms with van der Waals surface area (Å²) in [5.41, 5.74) is 5.95. The van der Waals surface area contributed by atoms with E-state index in [-0.39, 0.29) is 43.3 Å². The van der Waals surface area contributed by atoms with E-state index < -0.39 is 51.4 Å². The molecule has 0 saturated carbocycles. The Morgan fingerprint density at radius 1 is 0.526 bits per heavy atom. The fourth-order valence-electron chi connectivity index (χ4n) is 10.2. The summed E-state index contributed by atoms with van der Waals surface area (Å²) >= 11 is 0. The second kappa shape index (κ2) is 19.5. The Kier molecular flexibility index (Phi) is 13.3. The molecule has 1 aliphatic rings. The quantitative estimate of drug-likeness (QED) is 0.112. The molecule has 0 amide bonds. The first-order valence-electron chi connectivity index (χ1n) is 24.5. The average molecular weight is 1200 g/mol. The van der Waals surface area contributed by atoms with Crippen LogP contribution in [0.15, 0.2) is 146 Å². The van der Waals surface area contributed by atoms with Crippen molar-refractivity contribution >= 4 is 44.6 Å². The second-order valence-electron chi connectivity index (χ2n) is 21.1. The number of rotatable bonds is 8. The largest absolute Gasteiger partial charge is 0.509 e. The molecular weight excluding hydrogens is 1150 g/mol. The zero-order valence-electron chi connectivity index (χ0n) is 42.7. The number of hydrogen-bond donors (Lipinski definition) is 0. The van der Waals surface area contributed by atoms with Crippen molar-refractivity contribution in [2.45, 2.75) is 66.2 Å². The average Bonchev–Trinajstić information content (AvgIpc) is 3.94. The predicted octanol–water partition coefficient (Wildman–Crippen LogP) is 18.0. The van der Waals surface area contributed by atoms with E-state index in [1.54, 1.807) is 40.7 Å². The number of para-hydroxylation sites is 3. The van der Waals surface area contributed by atoms with Crippen LogP contribution < -0.4 is 14.5 Å². The Morgan fingerprint density at radius 3 is 1.68 bits per heavy atom. The molecule has 0 fully saturated rings. The van der Waals surface area contributed by atoms with E-state index in [0.29, 0.717) is 58.4 Å². The van der Waals surface area contributed by atoms with Gasteiger partial charge in [0.25, 0.3) is 0 Å². The van der Waals surface area contributed by atoms with Crippen LogP contribution in [0.1, 0.15) is 63.8 Å². The molecule has 0 atom stereocenters. The molecule has 0 bridgehead atoms. The van der Waals surface area contributed by atoms with Crippen LogP contribution in [0.3, 0.4) is 0 Å². The van der Waals surface area contributed by atoms with Gasteiger partial charge in [-0.15, -0.1) is 53.6 Å². The molecule has 1 aliphatic heterocycles. The van der Waals surface area contributed by atoms with Gasteiger partial charge >= 0.3 is 0 Å². The summed E-state index contributed by atoms with van der Waals surface area (Å²) in [7, 11) is 0. The Balaban J connectivity index is 0.00000657. The molecule has 76 heavy (non-hydrogen) atoms. The van der Waals surface area contributed by atoms with Gasteiger partial charge in [0.15, 0.2) is 0 Å². The number of hydrogen-bond acceptors (Lipinski definition) is 4. The molecule has 0 N–H and O–H groups in total. The minimum absolute atomic E-state index is 0. The Labute approximate surface area is 452 Å². The van der Waals surface area contributed by atoms with Crippen molar-refractivity contribution in [3.63, 3.8) is 0 Å². The van der Waals surface area contributed by atoms with Gasteiger partial charge in [0, 0.05) is 96.7 Å². The summed E-state index contributed by atoms with van der Waals surface area (Å²) in [5.74, 6) is -5.81. The van der Waals surface area contributed by atoms with Crippen LogP contribution in [0.4, 0.5) is 49.1 Å². The molecule has 2 aromatic heterocycles. The Hall–Kier alpha value is -7.62. The number of pyridine rings is 1. The van der Waals surface area contributed by atoms with E-state index in [4.69, 9.17) is 9.72 Å². The first-order chi connectivity index (χ1) is 35.7. The maximum Gasteiger partial charge on any atom is 0.136 e. The summed E-state index contributed by atoms with van der Waals surface area (Å²) in [6, 6.07) is 45.5. The first kappa shape index (κ1) is 51.8. The Bertz CT molecular complexity index is 3800. The third kappa shape index (κ3) is 9.22. The maximum absolute atomic E-state index is 16.3. The topological polar surface area (TPSA) is 33.5 Å². The van der Waals surface area contributed by atoms with Crippen LogP contribution in [-0.2, 0) is 31.9 Å². The van der Waals surface area contributed by atoms with Gasteiger partial charge in [-0.3, -0.25) is 0 Å². The molecule has 0 aliphatic carbocycles. The number of fused-ring (bicyclic) bond motifs is 4. The van der Waals surface area contributed by atoms with Gasteiger partial charge in [-0.2, -0.15) is 6.07 Å². The van der Waals surface area contributed by atoms with Gasteiger partial charge in [-0.1, -0.05) is 95.6 Å². The third-order valence-corrected chi connectivity index (χ3v) is 13.9. The van der Waals surface area contributed by atoms with Gasteiger partial charge in [0.2, 0.25) is 0 Å². The molecule has 8 aromatic carbocycles. The molecule has 3 heterocycles. The van der Waals surface area contributed by atoms with Crippen LogP contribution in [0.5, 0.6) is 11.5 Å². The van der Waals surface area contributed by atoms with Crippen LogP contribution in [0.2, 0.25) is 0 Å². The summed E-state index contributed by atoms with van der Waals surface area (Å²) in [6.07, 6.45) is 1.82. The van der Waals surface area contributed by atoms with E-state index in [1.165, 1.54) is 0 Å². The molecular formula is C64H49F6N4OPt-3. The summed E-state index contributed by atoms with van der Waals surface area (Å²) in [4.78, 5) is 8.22. The minimum atomic E-state index is -1.24. The van der Waals surface area contributed by atoms with Crippen molar-refractivity contribution in [3.05, 3.63) is 222 Å². The molecule has 10 aromatic rings. The number of halogens is 6. The fourth-order valence-corrected chi connectivity index (χ4v) is 10.2. The maximum atomic E-state index is 16.3. The van der Waals surface area contributed by atoms with Crippen LogP contribution in [0.25, 0.3) is 61.0 Å². The molecule has 11 rings (SSSR count). The fraction of sp³-hybridized carbons (Fsp3) is 0.156. The molecule has 0 spiro atoms. The van der Waals surface area contributed by atoms with Gasteiger partial charge in [0.1, 0.15) is 40.7 Å². The number of aryl methyl sites for hydroxylation is 2. The smallest absolute Gasteiger partial charge is 0.136 e.